The molecular formula is C14H15F2NO3. The van der Waals surface area contributed by atoms with Crippen LogP contribution < -0.4 is 0 Å². The van der Waals surface area contributed by atoms with E-state index in [1.165, 1.54) is 19.1 Å². The van der Waals surface area contributed by atoms with Crippen LogP contribution in [0.4, 0.5) is 8.78 Å². The highest BCUT2D eigenvalue weighted by Gasteiger charge is 2.50. The van der Waals surface area contributed by atoms with Gasteiger partial charge in [0.15, 0.2) is 0 Å². The summed E-state index contributed by atoms with van der Waals surface area (Å²) in [5.41, 5.74) is -0.423. The lowest BCUT2D eigenvalue weighted by atomic mass is 10.1. The molecule has 6 heteroatoms. The van der Waals surface area contributed by atoms with E-state index in [2.05, 4.69) is 0 Å². The van der Waals surface area contributed by atoms with Gasteiger partial charge in [0.05, 0.1) is 0 Å². The summed E-state index contributed by atoms with van der Waals surface area (Å²) in [6.07, 6.45) is 1.13. The number of halogens is 2. The minimum atomic E-state index is -3.71. The van der Waals surface area contributed by atoms with Gasteiger partial charge in [-0.15, -0.1) is 0 Å². The molecule has 1 aliphatic carbocycles. The third kappa shape index (κ3) is 2.64. The van der Waals surface area contributed by atoms with Crippen molar-refractivity contribution in [2.24, 2.45) is 0 Å². The molecule has 1 unspecified atom stereocenters. The summed E-state index contributed by atoms with van der Waals surface area (Å²) >= 11 is 0. The number of aliphatic carboxylic acids is 1. The van der Waals surface area contributed by atoms with Crippen LogP contribution in [0, 0.1) is 0 Å². The predicted molar refractivity (Wildman–Crippen MR) is 67.3 cm³/mol. The molecule has 108 valence electrons. The van der Waals surface area contributed by atoms with Gasteiger partial charge in [0.1, 0.15) is 6.04 Å². The van der Waals surface area contributed by atoms with Crippen molar-refractivity contribution in [3.8, 4) is 0 Å². The number of carbonyl (C=O) groups is 2. The van der Waals surface area contributed by atoms with Gasteiger partial charge in [-0.2, -0.15) is 8.78 Å². The van der Waals surface area contributed by atoms with Gasteiger partial charge in [-0.3, -0.25) is 4.79 Å². The Bertz CT molecular complexity index is 514. The van der Waals surface area contributed by atoms with E-state index in [0.717, 1.165) is 17.0 Å². The van der Waals surface area contributed by atoms with E-state index in [-0.39, 0.29) is 0 Å². The SMILES string of the molecule is CC(C(=O)O)N(C(=O)C(F)(F)c1ccccc1)C1CC1. The maximum absolute atomic E-state index is 14.2. The Hall–Kier alpha value is -1.98. The Kier molecular flexibility index (Phi) is 3.74. The van der Waals surface area contributed by atoms with Crippen LogP contribution in [-0.2, 0) is 15.5 Å². The first-order valence-electron chi connectivity index (χ1n) is 6.34. The molecule has 1 atom stereocenters. The van der Waals surface area contributed by atoms with Crippen molar-refractivity contribution in [2.45, 2.75) is 37.8 Å². The smallest absolute Gasteiger partial charge is 0.349 e. The lowest BCUT2D eigenvalue weighted by Crippen LogP contribution is -2.50. The van der Waals surface area contributed by atoms with Crippen LogP contribution in [0.15, 0.2) is 30.3 Å². The predicted octanol–water partition coefficient (Wildman–Crippen LogP) is 2.24. The van der Waals surface area contributed by atoms with E-state index in [9.17, 15) is 18.4 Å². The van der Waals surface area contributed by atoms with Crippen molar-refractivity contribution < 1.29 is 23.5 Å². The van der Waals surface area contributed by atoms with E-state index in [0.29, 0.717) is 12.8 Å². The monoisotopic (exact) mass is 283 g/mol. The van der Waals surface area contributed by atoms with E-state index >= 15 is 0 Å². The fourth-order valence-corrected chi connectivity index (χ4v) is 2.06. The summed E-state index contributed by atoms with van der Waals surface area (Å²) in [5, 5.41) is 8.98. The summed E-state index contributed by atoms with van der Waals surface area (Å²) < 4.78 is 28.5. The second kappa shape index (κ2) is 5.19. The van der Waals surface area contributed by atoms with Crippen LogP contribution in [-0.4, -0.2) is 34.0 Å². The number of rotatable bonds is 5. The van der Waals surface area contributed by atoms with E-state index < -0.39 is 35.4 Å². The Balaban J connectivity index is 2.29. The molecular weight excluding hydrogens is 268 g/mol. The third-order valence-electron chi connectivity index (χ3n) is 3.35. The first-order chi connectivity index (χ1) is 9.35. The Morgan fingerprint density at radius 3 is 2.30 bits per heavy atom. The van der Waals surface area contributed by atoms with Gasteiger partial charge in [-0.1, -0.05) is 30.3 Å². The number of carboxylic acid groups (broad SMARTS) is 1. The molecule has 2 rings (SSSR count). The van der Waals surface area contributed by atoms with Gasteiger partial charge in [0.25, 0.3) is 5.91 Å². The summed E-state index contributed by atoms with van der Waals surface area (Å²) in [7, 11) is 0. The Labute approximate surface area is 115 Å². The van der Waals surface area contributed by atoms with Crippen molar-refractivity contribution in [3.05, 3.63) is 35.9 Å². The van der Waals surface area contributed by atoms with Crippen LogP contribution in [0.1, 0.15) is 25.3 Å². The number of amides is 1. The standard InChI is InChI=1S/C14H15F2NO3/c1-9(12(18)19)17(11-7-8-11)13(20)14(15,16)10-5-3-2-4-6-10/h2-6,9,11H,7-8H2,1H3,(H,18,19). The van der Waals surface area contributed by atoms with E-state index in [4.69, 9.17) is 5.11 Å². The lowest BCUT2D eigenvalue weighted by Gasteiger charge is -2.30. The van der Waals surface area contributed by atoms with Crippen LogP contribution in [0.2, 0.25) is 0 Å². The molecule has 1 saturated carbocycles. The topological polar surface area (TPSA) is 57.6 Å². The molecule has 1 aromatic carbocycles. The highest BCUT2D eigenvalue weighted by atomic mass is 19.3. The zero-order valence-electron chi connectivity index (χ0n) is 10.9. The molecule has 1 amide bonds. The van der Waals surface area contributed by atoms with Crippen LogP contribution in [0.25, 0.3) is 0 Å². The fourth-order valence-electron chi connectivity index (χ4n) is 2.06. The molecule has 1 N–H and O–H groups in total. The quantitative estimate of drug-likeness (QED) is 0.901. The third-order valence-corrected chi connectivity index (χ3v) is 3.35. The number of benzene rings is 1. The molecule has 0 radical (unpaired) electrons. The first kappa shape index (κ1) is 14.4. The Morgan fingerprint density at radius 1 is 1.30 bits per heavy atom. The first-order valence-corrected chi connectivity index (χ1v) is 6.34. The molecule has 20 heavy (non-hydrogen) atoms. The number of hydrogen-bond donors (Lipinski definition) is 1. The van der Waals surface area contributed by atoms with Gasteiger partial charge in [0.2, 0.25) is 0 Å². The van der Waals surface area contributed by atoms with E-state index in [1.54, 1.807) is 6.07 Å². The molecule has 0 saturated heterocycles. The molecule has 1 aromatic rings. The number of nitrogens with zero attached hydrogens (tertiary/aromatic N) is 1. The fraction of sp³-hybridized carbons (Fsp3) is 0.429. The molecule has 0 aromatic heterocycles. The minimum Gasteiger partial charge on any atom is -0.480 e. The maximum Gasteiger partial charge on any atom is 0.349 e. The van der Waals surface area contributed by atoms with E-state index in [1.807, 2.05) is 0 Å². The van der Waals surface area contributed by atoms with Crippen molar-refractivity contribution >= 4 is 11.9 Å². The van der Waals surface area contributed by atoms with Gasteiger partial charge in [0, 0.05) is 11.6 Å². The van der Waals surface area contributed by atoms with Crippen molar-refractivity contribution in [3.63, 3.8) is 0 Å². The molecule has 0 spiro atoms. The zero-order valence-corrected chi connectivity index (χ0v) is 10.9. The number of carboxylic acids is 1. The molecule has 1 fully saturated rings. The summed E-state index contributed by atoms with van der Waals surface area (Å²) in [5.74, 6) is -6.44. The lowest BCUT2D eigenvalue weighted by molar-refractivity contribution is -0.167. The Morgan fingerprint density at radius 2 is 1.85 bits per heavy atom. The normalized spacial score (nSPS) is 16.6. The van der Waals surface area contributed by atoms with Crippen LogP contribution >= 0.6 is 0 Å². The number of hydrogen-bond acceptors (Lipinski definition) is 2. The summed E-state index contributed by atoms with van der Waals surface area (Å²) in [6, 6.07) is 5.07. The second-order valence-electron chi connectivity index (χ2n) is 4.90. The number of alkyl halides is 2. The molecule has 0 heterocycles. The summed E-state index contributed by atoms with van der Waals surface area (Å²) in [4.78, 5) is 23.9. The van der Waals surface area contributed by atoms with Crippen molar-refractivity contribution in [2.75, 3.05) is 0 Å². The minimum absolute atomic E-state index is 0.400. The van der Waals surface area contributed by atoms with Crippen LogP contribution in [0.5, 0.6) is 0 Å². The van der Waals surface area contributed by atoms with Crippen LogP contribution in [0.3, 0.4) is 0 Å². The van der Waals surface area contributed by atoms with Gasteiger partial charge >= 0.3 is 11.9 Å². The maximum atomic E-state index is 14.2. The average molecular weight is 283 g/mol. The number of carbonyl (C=O) groups excluding carboxylic acids is 1. The van der Waals surface area contributed by atoms with Gasteiger partial charge in [-0.05, 0) is 19.8 Å². The van der Waals surface area contributed by atoms with Gasteiger partial charge < -0.3 is 10.0 Å². The molecule has 0 bridgehead atoms. The highest BCUT2D eigenvalue weighted by molar-refractivity contribution is 5.89. The molecule has 4 nitrogen and oxygen atoms in total. The largest absolute Gasteiger partial charge is 0.480 e. The average Bonchev–Trinajstić information content (AvgIpc) is 3.24. The zero-order chi connectivity index (χ0) is 14.9. The highest BCUT2D eigenvalue weighted by Crippen LogP contribution is 2.36. The van der Waals surface area contributed by atoms with Crippen molar-refractivity contribution in [1.29, 1.82) is 0 Å². The summed E-state index contributed by atoms with van der Waals surface area (Å²) in [6.45, 7) is 1.25. The van der Waals surface area contributed by atoms with Crippen molar-refractivity contribution in [1.82, 2.24) is 4.90 Å². The van der Waals surface area contributed by atoms with Gasteiger partial charge in [-0.25, -0.2) is 4.79 Å². The molecule has 0 aliphatic heterocycles. The molecule has 1 aliphatic rings. The second-order valence-corrected chi connectivity index (χ2v) is 4.90.